The van der Waals surface area contributed by atoms with Crippen LogP contribution in [0.1, 0.15) is 26.7 Å². The van der Waals surface area contributed by atoms with Crippen LogP contribution >= 0.6 is 0 Å². The highest BCUT2D eigenvalue weighted by Crippen LogP contribution is 2.09. The van der Waals surface area contributed by atoms with Gasteiger partial charge < -0.3 is 20.2 Å². The van der Waals surface area contributed by atoms with Crippen LogP contribution in [0.15, 0.2) is 0 Å². The second kappa shape index (κ2) is 7.12. The average molecular weight is 285 g/mol. The Morgan fingerprint density at radius 2 is 1.80 bits per heavy atom. The molecule has 0 radical (unpaired) electrons. The highest BCUT2D eigenvalue weighted by Gasteiger charge is 2.26. The minimum atomic E-state index is -0.953. The highest BCUT2D eigenvalue weighted by molar-refractivity contribution is 5.87. The van der Waals surface area contributed by atoms with E-state index in [-0.39, 0.29) is 12.5 Å². The summed E-state index contributed by atoms with van der Waals surface area (Å²) in [5.74, 6) is -1.68. The number of urea groups is 1. The van der Waals surface area contributed by atoms with Crippen LogP contribution in [0.25, 0.3) is 0 Å². The van der Waals surface area contributed by atoms with Gasteiger partial charge in [-0.25, -0.2) is 4.79 Å². The molecule has 2 atom stereocenters. The molecule has 0 aliphatic carbocycles. The SMILES string of the molecule is CC(CN(C)C(=O)NC(C)C(=O)N1CCCC1)C(=O)O. The predicted molar refractivity (Wildman–Crippen MR) is 73.2 cm³/mol. The average Bonchev–Trinajstić information content (AvgIpc) is 2.90. The lowest BCUT2D eigenvalue weighted by Crippen LogP contribution is -2.50. The van der Waals surface area contributed by atoms with Crippen molar-refractivity contribution in [3.63, 3.8) is 0 Å². The van der Waals surface area contributed by atoms with E-state index in [9.17, 15) is 14.4 Å². The maximum atomic E-state index is 12.0. The molecule has 1 fully saturated rings. The van der Waals surface area contributed by atoms with Crippen molar-refractivity contribution < 1.29 is 19.5 Å². The van der Waals surface area contributed by atoms with Crippen LogP contribution in [0, 0.1) is 5.92 Å². The second-order valence-corrected chi connectivity index (χ2v) is 5.32. The van der Waals surface area contributed by atoms with Gasteiger partial charge in [-0.15, -0.1) is 0 Å². The van der Waals surface area contributed by atoms with E-state index in [2.05, 4.69) is 5.32 Å². The maximum Gasteiger partial charge on any atom is 0.317 e. The standard InChI is InChI=1S/C13H23N3O4/c1-9(12(18)19)8-15(3)13(20)14-10(2)11(17)16-6-4-5-7-16/h9-10H,4-8H2,1-3H3,(H,14,20)(H,18,19). The topological polar surface area (TPSA) is 90.0 Å². The van der Waals surface area contributed by atoms with Crippen molar-refractivity contribution in [3.05, 3.63) is 0 Å². The number of likely N-dealkylation sites (tertiary alicyclic amines) is 1. The Morgan fingerprint density at radius 3 is 2.30 bits per heavy atom. The van der Waals surface area contributed by atoms with Crippen molar-refractivity contribution in [2.45, 2.75) is 32.7 Å². The van der Waals surface area contributed by atoms with E-state index in [0.29, 0.717) is 0 Å². The Morgan fingerprint density at radius 1 is 1.25 bits per heavy atom. The van der Waals surface area contributed by atoms with Crippen LogP contribution in [0.2, 0.25) is 0 Å². The highest BCUT2D eigenvalue weighted by atomic mass is 16.4. The van der Waals surface area contributed by atoms with E-state index in [4.69, 9.17) is 5.11 Å². The minimum Gasteiger partial charge on any atom is -0.481 e. The van der Waals surface area contributed by atoms with Crippen molar-refractivity contribution >= 4 is 17.9 Å². The molecule has 3 amide bonds. The van der Waals surface area contributed by atoms with Gasteiger partial charge in [-0.1, -0.05) is 6.92 Å². The molecule has 0 aromatic heterocycles. The smallest absolute Gasteiger partial charge is 0.317 e. The molecule has 1 aliphatic heterocycles. The molecule has 0 bridgehead atoms. The molecule has 1 aliphatic rings. The number of carboxylic acids is 1. The van der Waals surface area contributed by atoms with Crippen molar-refractivity contribution in [2.75, 3.05) is 26.7 Å². The van der Waals surface area contributed by atoms with Gasteiger partial charge in [0.25, 0.3) is 0 Å². The number of rotatable bonds is 5. The summed E-state index contributed by atoms with van der Waals surface area (Å²) in [4.78, 5) is 37.7. The van der Waals surface area contributed by atoms with E-state index in [0.717, 1.165) is 25.9 Å². The largest absolute Gasteiger partial charge is 0.481 e. The predicted octanol–water partition coefficient (Wildman–Crippen LogP) is 0.359. The number of carbonyl (C=O) groups is 3. The molecule has 1 saturated heterocycles. The monoisotopic (exact) mass is 285 g/mol. The third-order valence-corrected chi connectivity index (χ3v) is 3.44. The molecule has 0 saturated carbocycles. The van der Waals surface area contributed by atoms with Gasteiger partial charge in [0.2, 0.25) is 5.91 Å². The Kier molecular flexibility index (Phi) is 5.79. The minimum absolute atomic E-state index is 0.0875. The second-order valence-electron chi connectivity index (χ2n) is 5.32. The number of amides is 3. The molecule has 114 valence electrons. The van der Waals surface area contributed by atoms with Crippen molar-refractivity contribution in [1.82, 2.24) is 15.1 Å². The molecule has 2 unspecified atom stereocenters. The van der Waals surface area contributed by atoms with Crippen LogP contribution in [-0.4, -0.2) is 65.5 Å². The van der Waals surface area contributed by atoms with E-state index < -0.39 is 24.0 Å². The fraction of sp³-hybridized carbons (Fsp3) is 0.769. The fourth-order valence-corrected chi connectivity index (χ4v) is 2.14. The summed E-state index contributed by atoms with van der Waals surface area (Å²) in [6.45, 7) is 4.76. The van der Waals surface area contributed by atoms with Crippen LogP contribution in [0.3, 0.4) is 0 Å². The summed E-state index contributed by atoms with van der Waals surface area (Å²) in [6, 6.07) is -1.03. The molecule has 0 spiro atoms. The van der Waals surface area contributed by atoms with Gasteiger partial charge in [-0.05, 0) is 19.8 Å². The summed E-state index contributed by atoms with van der Waals surface area (Å²) in [7, 11) is 1.52. The number of aliphatic carboxylic acids is 1. The molecular formula is C13H23N3O4. The zero-order valence-electron chi connectivity index (χ0n) is 12.3. The van der Waals surface area contributed by atoms with Crippen molar-refractivity contribution in [2.24, 2.45) is 5.92 Å². The van der Waals surface area contributed by atoms with Crippen LogP contribution < -0.4 is 5.32 Å². The maximum absolute atomic E-state index is 12.0. The zero-order valence-corrected chi connectivity index (χ0v) is 12.3. The summed E-state index contributed by atoms with van der Waals surface area (Å²) < 4.78 is 0. The van der Waals surface area contributed by atoms with Crippen LogP contribution in [-0.2, 0) is 9.59 Å². The molecule has 20 heavy (non-hydrogen) atoms. The van der Waals surface area contributed by atoms with Gasteiger partial charge in [-0.2, -0.15) is 0 Å². The number of nitrogens with zero attached hydrogens (tertiary/aromatic N) is 2. The van der Waals surface area contributed by atoms with E-state index >= 15 is 0 Å². The van der Waals surface area contributed by atoms with Crippen LogP contribution in [0.5, 0.6) is 0 Å². The summed E-state index contributed by atoms with van der Waals surface area (Å²) in [6.07, 6.45) is 2.00. The number of hydrogen-bond acceptors (Lipinski definition) is 3. The van der Waals surface area contributed by atoms with E-state index in [1.807, 2.05) is 0 Å². The molecule has 2 N–H and O–H groups in total. The van der Waals surface area contributed by atoms with Crippen LogP contribution in [0.4, 0.5) is 4.79 Å². The third-order valence-electron chi connectivity index (χ3n) is 3.44. The van der Waals surface area contributed by atoms with Gasteiger partial charge in [0, 0.05) is 26.7 Å². The first kappa shape index (κ1) is 16.3. The van der Waals surface area contributed by atoms with Gasteiger partial charge in [-0.3, -0.25) is 9.59 Å². The summed E-state index contributed by atoms with van der Waals surface area (Å²) >= 11 is 0. The first-order valence-corrected chi connectivity index (χ1v) is 6.86. The quantitative estimate of drug-likeness (QED) is 0.763. The van der Waals surface area contributed by atoms with E-state index in [1.54, 1.807) is 11.8 Å². The number of carboxylic acid groups (broad SMARTS) is 1. The number of nitrogens with one attached hydrogen (secondary N) is 1. The Hall–Kier alpha value is -1.79. The van der Waals surface area contributed by atoms with Gasteiger partial charge in [0.05, 0.1) is 5.92 Å². The first-order chi connectivity index (χ1) is 9.32. The first-order valence-electron chi connectivity index (χ1n) is 6.86. The molecule has 7 nitrogen and oxygen atoms in total. The van der Waals surface area contributed by atoms with Gasteiger partial charge in [0.15, 0.2) is 0 Å². The molecule has 1 heterocycles. The number of carbonyl (C=O) groups excluding carboxylic acids is 2. The Bertz CT molecular complexity index is 380. The molecule has 1 rings (SSSR count). The zero-order chi connectivity index (χ0) is 15.3. The molecule has 7 heteroatoms. The molecule has 0 aromatic carbocycles. The Labute approximate surface area is 118 Å². The summed E-state index contributed by atoms with van der Waals surface area (Å²) in [5.41, 5.74) is 0. The third kappa shape index (κ3) is 4.40. The summed E-state index contributed by atoms with van der Waals surface area (Å²) in [5, 5.41) is 11.4. The van der Waals surface area contributed by atoms with Crippen molar-refractivity contribution in [1.29, 1.82) is 0 Å². The van der Waals surface area contributed by atoms with Crippen molar-refractivity contribution in [3.8, 4) is 0 Å². The lowest BCUT2D eigenvalue weighted by molar-refractivity contribution is -0.141. The van der Waals surface area contributed by atoms with Gasteiger partial charge >= 0.3 is 12.0 Å². The lowest BCUT2D eigenvalue weighted by Gasteiger charge is -2.25. The normalized spacial score (nSPS) is 17.4. The lowest BCUT2D eigenvalue weighted by atomic mass is 10.2. The molecular weight excluding hydrogens is 262 g/mol. The van der Waals surface area contributed by atoms with Gasteiger partial charge in [0.1, 0.15) is 6.04 Å². The Balaban J connectivity index is 2.43. The molecule has 0 aromatic rings. The number of hydrogen-bond donors (Lipinski definition) is 2. The van der Waals surface area contributed by atoms with E-state index in [1.165, 1.54) is 18.9 Å². The fourth-order valence-electron chi connectivity index (χ4n) is 2.14.